The summed E-state index contributed by atoms with van der Waals surface area (Å²) in [5.41, 5.74) is 2.34. The number of nitrogens with zero attached hydrogens (tertiary/aromatic N) is 2. The summed E-state index contributed by atoms with van der Waals surface area (Å²) in [5.74, 6) is -0.0867. The predicted octanol–water partition coefficient (Wildman–Crippen LogP) is 2.17. The second-order valence-electron chi connectivity index (χ2n) is 6.87. The highest BCUT2D eigenvalue weighted by molar-refractivity contribution is 5.97. The van der Waals surface area contributed by atoms with Crippen LogP contribution in [0, 0.1) is 6.92 Å². The first-order valence-corrected chi connectivity index (χ1v) is 9.15. The van der Waals surface area contributed by atoms with Crippen molar-refractivity contribution in [2.45, 2.75) is 19.9 Å². The van der Waals surface area contributed by atoms with Crippen molar-refractivity contribution in [3.05, 3.63) is 59.7 Å². The lowest BCUT2D eigenvalue weighted by Gasteiger charge is -2.37. The molecule has 0 radical (unpaired) electrons. The molecular formula is C21H25N3O3. The summed E-state index contributed by atoms with van der Waals surface area (Å²) in [5, 5.41) is 12.8. The molecule has 6 heteroatoms. The minimum Gasteiger partial charge on any atom is -0.506 e. The number of nitrogens with one attached hydrogen (secondary N) is 1. The highest BCUT2D eigenvalue weighted by Gasteiger charge is 2.26. The molecule has 1 atom stereocenters. The van der Waals surface area contributed by atoms with Crippen LogP contribution in [0.1, 0.15) is 22.8 Å². The minimum atomic E-state index is -0.588. The highest BCUT2D eigenvalue weighted by atomic mass is 16.3. The highest BCUT2D eigenvalue weighted by Crippen LogP contribution is 2.27. The van der Waals surface area contributed by atoms with Gasteiger partial charge in [0.2, 0.25) is 5.91 Å². The van der Waals surface area contributed by atoms with Gasteiger partial charge in [0, 0.05) is 31.7 Å². The van der Waals surface area contributed by atoms with Gasteiger partial charge in [-0.3, -0.25) is 9.59 Å². The van der Waals surface area contributed by atoms with E-state index in [0.717, 1.165) is 11.3 Å². The molecule has 1 fully saturated rings. The Kier molecular flexibility index (Phi) is 5.64. The summed E-state index contributed by atoms with van der Waals surface area (Å²) in [4.78, 5) is 28.9. The van der Waals surface area contributed by atoms with Crippen LogP contribution in [-0.4, -0.2) is 54.0 Å². The number of para-hydroxylation sites is 2. The van der Waals surface area contributed by atoms with Crippen LogP contribution in [0.25, 0.3) is 0 Å². The number of hydrogen-bond acceptors (Lipinski definition) is 4. The fourth-order valence-electron chi connectivity index (χ4n) is 3.30. The smallest absolute Gasteiger partial charge is 0.251 e. The molecule has 2 N–H and O–H groups in total. The summed E-state index contributed by atoms with van der Waals surface area (Å²) in [6.45, 7) is 6.03. The molecule has 142 valence electrons. The van der Waals surface area contributed by atoms with Crippen LogP contribution in [0.4, 0.5) is 5.69 Å². The lowest BCUT2D eigenvalue weighted by molar-refractivity contribution is -0.133. The van der Waals surface area contributed by atoms with Crippen LogP contribution in [0.2, 0.25) is 0 Å². The van der Waals surface area contributed by atoms with E-state index in [1.165, 1.54) is 0 Å². The standard InChI is InChI=1S/C21H25N3O3/c1-15-6-5-7-17(14-15)20(26)22-16(2)21(27)24-12-10-23(11-13-24)18-8-3-4-9-19(18)25/h3-9,14,16,25H,10-13H2,1-2H3,(H,22,26)/t16-/m0/s1. The quantitative estimate of drug-likeness (QED) is 0.869. The Bertz CT molecular complexity index is 829. The maximum Gasteiger partial charge on any atom is 0.251 e. The summed E-state index contributed by atoms with van der Waals surface area (Å²) < 4.78 is 0. The van der Waals surface area contributed by atoms with Crippen molar-refractivity contribution < 1.29 is 14.7 Å². The number of aromatic hydroxyl groups is 1. The first kappa shape index (κ1) is 18.8. The number of carbonyl (C=O) groups is 2. The molecule has 0 aromatic heterocycles. The van der Waals surface area contributed by atoms with Crippen molar-refractivity contribution in [3.8, 4) is 5.75 Å². The van der Waals surface area contributed by atoms with E-state index in [2.05, 4.69) is 10.2 Å². The molecule has 3 rings (SSSR count). The zero-order chi connectivity index (χ0) is 19.4. The number of phenols is 1. The van der Waals surface area contributed by atoms with Crippen molar-refractivity contribution in [1.29, 1.82) is 0 Å². The lowest BCUT2D eigenvalue weighted by atomic mass is 10.1. The fourth-order valence-corrected chi connectivity index (χ4v) is 3.30. The van der Waals surface area contributed by atoms with E-state index in [9.17, 15) is 14.7 Å². The van der Waals surface area contributed by atoms with Gasteiger partial charge < -0.3 is 20.2 Å². The average Bonchev–Trinajstić information content (AvgIpc) is 2.68. The Morgan fingerprint density at radius 2 is 1.74 bits per heavy atom. The molecule has 1 aliphatic rings. The molecule has 0 saturated carbocycles. The summed E-state index contributed by atoms with van der Waals surface area (Å²) >= 11 is 0. The molecule has 1 aliphatic heterocycles. The van der Waals surface area contributed by atoms with Crippen LogP contribution < -0.4 is 10.2 Å². The summed E-state index contributed by atoms with van der Waals surface area (Å²) in [6, 6.07) is 13.9. The second kappa shape index (κ2) is 8.12. The molecule has 0 spiro atoms. The number of rotatable bonds is 4. The summed E-state index contributed by atoms with van der Waals surface area (Å²) in [7, 11) is 0. The number of piperazine rings is 1. The Morgan fingerprint density at radius 3 is 2.41 bits per heavy atom. The Morgan fingerprint density at radius 1 is 1.04 bits per heavy atom. The average molecular weight is 367 g/mol. The Labute approximate surface area is 159 Å². The third kappa shape index (κ3) is 4.39. The van der Waals surface area contributed by atoms with Crippen LogP contribution in [0.5, 0.6) is 5.75 Å². The number of benzene rings is 2. The van der Waals surface area contributed by atoms with E-state index in [-0.39, 0.29) is 17.6 Å². The van der Waals surface area contributed by atoms with Crippen molar-refractivity contribution >= 4 is 17.5 Å². The number of hydrogen-bond donors (Lipinski definition) is 2. The SMILES string of the molecule is Cc1cccc(C(=O)N[C@@H](C)C(=O)N2CCN(c3ccccc3O)CC2)c1. The van der Waals surface area contributed by atoms with Crippen molar-refractivity contribution in [3.63, 3.8) is 0 Å². The molecule has 27 heavy (non-hydrogen) atoms. The number of anilines is 1. The number of phenolic OH excluding ortho intramolecular Hbond substituents is 1. The van der Waals surface area contributed by atoms with Crippen molar-refractivity contribution in [2.24, 2.45) is 0 Å². The molecule has 2 aromatic rings. The van der Waals surface area contributed by atoms with E-state index in [1.807, 2.05) is 31.2 Å². The van der Waals surface area contributed by atoms with E-state index < -0.39 is 6.04 Å². The molecule has 0 unspecified atom stereocenters. The molecule has 2 aromatic carbocycles. The summed E-state index contributed by atoms with van der Waals surface area (Å²) in [6.07, 6.45) is 0. The molecule has 6 nitrogen and oxygen atoms in total. The first-order chi connectivity index (χ1) is 13.0. The topological polar surface area (TPSA) is 72.9 Å². The minimum absolute atomic E-state index is 0.0899. The van der Waals surface area contributed by atoms with Crippen molar-refractivity contribution in [2.75, 3.05) is 31.1 Å². The van der Waals surface area contributed by atoms with Gasteiger partial charge in [0.05, 0.1) is 5.69 Å². The normalized spacial score (nSPS) is 15.3. The Balaban J connectivity index is 1.55. The first-order valence-electron chi connectivity index (χ1n) is 9.15. The number of carbonyl (C=O) groups excluding carboxylic acids is 2. The second-order valence-corrected chi connectivity index (χ2v) is 6.87. The zero-order valence-electron chi connectivity index (χ0n) is 15.7. The fraction of sp³-hybridized carbons (Fsp3) is 0.333. The maximum atomic E-state index is 12.7. The van der Waals surface area contributed by atoms with Crippen LogP contribution in [0.3, 0.4) is 0 Å². The predicted molar refractivity (Wildman–Crippen MR) is 105 cm³/mol. The van der Waals surface area contributed by atoms with Gasteiger partial charge in [0.25, 0.3) is 5.91 Å². The monoisotopic (exact) mass is 367 g/mol. The van der Waals surface area contributed by atoms with Gasteiger partial charge in [-0.2, -0.15) is 0 Å². The van der Waals surface area contributed by atoms with Gasteiger partial charge in [-0.1, -0.05) is 29.8 Å². The van der Waals surface area contributed by atoms with Crippen LogP contribution in [-0.2, 0) is 4.79 Å². The Hall–Kier alpha value is -3.02. The third-order valence-corrected chi connectivity index (χ3v) is 4.81. The lowest BCUT2D eigenvalue weighted by Crippen LogP contribution is -2.54. The van der Waals surface area contributed by atoms with E-state index in [4.69, 9.17) is 0 Å². The molecule has 1 saturated heterocycles. The molecular weight excluding hydrogens is 342 g/mol. The van der Waals surface area contributed by atoms with Crippen LogP contribution in [0.15, 0.2) is 48.5 Å². The van der Waals surface area contributed by atoms with Gasteiger partial charge in [-0.05, 0) is 38.1 Å². The molecule has 0 aliphatic carbocycles. The third-order valence-electron chi connectivity index (χ3n) is 4.81. The van der Waals surface area contributed by atoms with E-state index >= 15 is 0 Å². The zero-order valence-corrected chi connectivity index (χ0v) is 15.7. The van der Waals surface area contributed by atoms with E-state index in [0.29, 0.717) is 31.7 Å². The van der Waals surface area contributed by atoms with Gasteiger partial charge in [0.1, 0.15) is 11.8 Å². The van der Waals surface area contributed by atoms with Gasteiger partial charge in [-0.25, -0.2) is 0 Å². The largest absolute Gasteiger partial charge is 0.506 e. The number of amides is 2. The van der Waals surface area contributed by atoms with Crippen LogP contribution >= 0.6 is 0 Å². The molecule has 2 amide bonds. The van der Waals surface area contributed by atoms with Gasteiger partial charge in [-0.15, -0.1) is 0 Å². The number of aryl methyl sites for hydroxylation is 1. The maximum absolute atomic E-state index is 12.7. The van der Waals surface area contributed by atoms with Gasteiger partial charge >= 0.3 is 0 Å². The van der Waals surface area contributed by atoms with Crippen molar-refractivity contribution in [1.82, 2.24) is 10.2 Å². The molecule has 0 bridgehead atoms. The van der Waals surface area contributed by atoms with E-state index in [1.54, 1.807) is 36.1 Å². The molecule has 1 heterocycles. The van der Waals surface area contributed by atoms with Gasteiger partial charge in [0.15, 0.2) is 0 Å².